The summed E-state index contributed by atoms with van der Waals surface area (Å²) in [5.74, 6) is -0.171. The molecule has 1 aliphatic heterocycles. The fourth-order valence-electron chi connectivity index (χ4n) is 3.56. The van der Waals surface area contributed by atoms with Crippen LogP contribution < -0.4 is 10.6 Å². The fourth-order valence-corrected chi connectivity index (χ4v) is 4.43. The van der Waals surface area contributed by atoms with Crippen molar-refractivity contribution in [2.75, 3.05) is 18.4 Å². The van der Waals surface area contributed by atoms with Crippen molar-refractivity contribution < 1.29 is 9.59 Å². The molecule has 1 unspecified atom stereocenters. The predicted octanol–water partition coefficient (Wildman–Crippen LogP) is 4.19. The van der Waals surface area contributed by atoms with Crippen molar-refractivity contribution in [3.05, 3.63) is 75.7 Å². The molecule has 0 radical (unpaired) electrons. The van der Waals surface area contributed by atoms with E-state index in [0.29, 0.717) is 18.1 Å². The van der Waals surface area contributed by atoms with E-state index in [1.54, 1.807) is 0 Å². The van der Waals surface area contributed by atoms with E-state index >= 15 is 0 Å². The van der Waals surface area contributed by atoms with E-state index in [4.69, 9.17) is 0 Å². The van der Waals surface area contributed by atoms with E-state index in [1.807, 2.05) is 66.4 Å². The van der Waals surface area contributed by atoms with Crippen LogP contribution >= 0.6 is 11.3 Å². The molecule has 1 fully saturated rings. The quantitative estimate of drug-likeness (QED) is 0.629. The molecule has 4 rings (SSSR count). The van der Waals surface area contributed by atoms with Crippen molar-refractivity contribution in [3.63, 3.8) is 0 Å². The van der Waals surface area contributed by atoms with E-state index in [9.17, 15) is 9.59 Å². The van der Waals surface area contributed by atoms with E-state index < -0.39 is 0 Å². The molecular weight excluding hydrogens is 410 g/mol. The van der Waals surface area contributed by atoms with Gasteiger partial charge in [0.05, 0.1) is 0 Å². The number of piperidine rings is 1. The van der Waals surface area contributed by atoms with Crippen LogP contribution in [-0.2, 0) is 6.54 Å². The van der Waals surface area contributed by atoms with Gasteiger partial charge in [-0.25, -0.2) is 4.79 Å². The number of amides is 3. The van der Waals surface area contributed by atoms with Gasteiger partial charge in [-0.3, -0.25) is 4.79 Å². The van der Waals surface area contributed by atoms with Gasteiger partial charge >= 0.3 is 6.03 Å². The molecule has 3 amide bonds. The van der Waals surface area contributed by atoms with Gasteiger partial charge in [0.15, 0.2) is 0 Å². The summed E-state index contributed by atoms with van der Waals surface area (Å²) in [6.45, 7) is 3.80. The first kappa shape index (κ1) is 21.0. The number of aryl methyl sites for hydroxylation is 1. The number of hydrogen-bond donors (Lipinski definition) is 2. The zero-order valence-corrected chi connectivity index (χ0v) is 18.2. The predicted molar refractivity (Wildman–Crippen MR) is 121 cm³/mol. The van der Waals surface area contributed by atoms with Gasteiger partial charge in [-0.2, -0.15) is 0 Å². The summed E-state index contributed by atoms with van der Waals surface area (Å²) < 4.78 is 0. The van der Waals surface area contributed by atoms with Crippen LogP contribution in [0.3, 0.4) is 0 Å². The van der Waals surface area contributed by atoms with Crippen LogP contribution in [0.25, 0.3) is 0 Å². The SMILES string of the molecule is Cc1ccc(NC(=O)c2nnc(C3CCCN(C(=O)NCc4ccccc4)C3)s2)cc1. The fraction of sp³-hybridized carbons (Fsp3) is 0.304. The molecule has 7 nitrogen and oxygen atoms in total. The van der Waals surface area contributed by atoms with Crippen molar-refractivity contribution >= 4 is 29.0 Å². The summed E-state index contributed by atoms with van der Waals surface area (Å²) in [7, 11) is 0. The van der Waals surface area contributed by atoms with Crippen molar-refractivity contribution in [3.8, 4) is 0 Å². The third-order valence-corrected chi connectivity index (χ3v) is 6.37. The Kier molecular flexibility index (Phi) is 6.57. The van der Waals surface area contributed by atoms with Crippen molar-refractivity contribution in [2.24, 2.45) is 0 Å². The third-order valence-electron chi connectivity index (χ3n) is 5.29. The largest absolute Gasteiger partial charge is 0.334 e. The summed E-state index contributed by atoms with van der Waals surface area (Å²) in [6.07, 6.45) is 1.82. The monoisotopic (exact) mass is 435 g/mol. The number of carbonyl (C=O) groups is 2. The number of nitrogens with zero attached hydrogens (tertiary/aromatic N) is 3. The number of aromatic nitrogens is 2. The van der Waals surface area contributed by atoms with Crippen LogP contribution in [0, 0.1) is 6.92 Å². The summed E-state index contributed by atoms with van der Waals surface area (Å²) in [6, 6.07) is 17.4. The first-order valence-corrected chi connectivity index (χ1v) is 11.2. The average Bonchev–Trinajstić information content (AvgIpc) is 3.30. The first-order chi connectivity index (χ1) is 15.1. The average molecular weight is 436 g/mol. The van der Waals surface area contributed by atoms with Crippen LogP contribution in [0.2, 0.25) is 0 Å². The van der Waals surface area contributed by atoms with E-state index in [2.05, 4.69) is 20.8 Å². The second-order valence-corrected chi connectivity index (χ2v) is 8.70. The normalized spacial score (nSPS) is 16.0. The molecule has 1 aliphatic rings. The molecule has 1 aromatic heterocycles. The maximum absolute atomic E-state index is 12.6. The van der Waals surface area contributed by atoms with Crippen molar-refractivity contribution in [1.29, 1.82) is 0 Å². The molecule has 0 bridgehead atoms. The Hall–Kier alpha value is -3.26. The molecule has 0 spiro atoms. The van der Waals surface area contributed by atoms with Crippen LogP contribution in [0.4, 0.5) is 10.5 Å². The van der Waals surface area contributed by atoms with Gasteiger partial charge in [-0.15, -0.1) is 10.2 Å². The Morgan fingerprint density at radius 1 is 1.10 bits per heavy atom. The summed E-state index contributed by atoms with van der Waals surface area (Å²) in [5.41, 5.74) is 2.93. The molecular formula is C23H25N5O2S. The number of nitrogens with one attached hydrogen (secondary N) is 2. The minimum atomic E-state index is -0.263. The van der Waals surface area contributed by atoms with Gasteiger partial charge in [0.1, 0.15) is 5.01 Å². The first-order valence-electron chi connectivity index (χ1n) is 10.4. The molecule has 8 heteroatoms. The minimum Gasteiger partial charge on any atom is -0.334 e. The van der Waals surface area contributed by atoms with E-state index in [1.165, 1.54) is 11.3 Å². The van der Waals surface area contributed by atoms with Gasteiger partial charge < -0.3 is 15.5 Å². The van der Waals surface area contributed by atoms with Crippen LogP contribution in [0.15, 0.2) is 54.6 Å². The van der Waals surface area contributed by atoms with Gasteiger partial charge in [0, 0.05) is 31.2 Å². The molecule has 160 valence electrons. The molecule has 2 N–H and O–H groups in total. The molecule has 0 saturated carbocycles. The molecule has 2 heterocycles. The lowest BCUT2D eigenvalue weighted by atomic mass is 9.99. The van der Waals surface area contributed by atoms with E-state index in [0.717, 1.165) is 41.2 Å². The lowest BCUT2D eigenvalue weighted by Crippen LogP contribution is -2.44. The topological polar surface area (TPSA) is 87.2 Å². The number of rotatable bonds is 5. The van der Waals surface area contributed by atoms with Gasteiger partial charge in [-0.1, -0.05) is 59.4 Å². The van der Waals surface area contributed by atoms with Gasteiger partial charge in [0.2, 0.25) is 5.01 Å². The number of carbonyl (C=O) groups excluding carboxylic acids is 2. The Balaban J connectivity index is 1.34. The number of benzene rings is 2. The lowest BCUT2D eigenvalue weighted by molar-refractivity contribution is 0.102. The zero-order chi connectivity index (χ0) is 21.6. The number of likely N-dealkylation sites (tertiary alicyclic amines) is 1. The Labute approximate surface area is 185 Å². The zero-order valence-electron chi connectivity index (χ0n) is 17.4. The van der Waals surface area contributed by atoms with Crippen molar-refractivity contribution in [2.45, 2.75) is 32.2 Å². The Bertz CT molecular complexity index is 1040. The highest BCUT2D eigenvalue weighted by molar-refractivity contribution is 7.13. The molecule has 1 saturated heterocycles. The van der Waals surface area contributed by atoms with E-state index in [-0.39, 0.29) is 17.9 Å². The highest BCUT2D eigenvalue weighted by atomic mass is 32.1. The highest BCUT2D eigenvalue weighted by Gasteiger charge is 2.28. The second-order valence-electron chi connectivity index (χ2n) is 7.70. The van der Waals surface area contributed by atoms with Gasteiger partial charge in [-0.05, 0) is 37.5 Å². The number of urea groups is 1. The highest BCUT2D eigenvalue weighted by Crippen LogP contribution is 2.29. The maximum Gasteiger partial charge on any atom is 0.317 e. The lowest BCUT2D eigenvalue weighted by Gasteiger charge is -2.31. The second kappa shape index (κ2) is 9.70. The minimum absolute atomic E-state index is 0.0737. The summed E-state index contributed by atoms with van der Waals surface area (Å²) in [4.78, 5) is 26.9. The molecule has 31 heavy (non-hydrogen) atoms. The summed E-state index contributed by atoms with van der Waals surface area (Å²) >= 11 is 1.30. The standard InChI is InChI=1S/C23H25N5O2S/c1-16-9-11-19(12-10-16)25-20(29)22-27-26-21(31-22)18-8-5-13-28(15-18)23(30)24-14-17-6-3-2-4-7-17/h2-4,6-7,9-12,18H,5,8,13-15H2,1H3,(H,24,30)(H,25,29). The number of hydrogen-bond acceptors (Lipinski definition) is 5. The third kappa shape index (κ3) is 5.46. The molecule has 3 aromatic rings. The van der Waals surface area contributed by atoms with Crippen LogP contribution in [-0.4, -0.2) is 40.1 Å². The molecule has 2 aromatic carbocycles. The van der Waals surface area contributed by atoms with Crippen LogP contribution in [0.5, 0.6) is 0 Å². The molecule has 1 atom stereocenters. The Morgan fingerprint density at radius 2 is 1.87 bits per heavy atom. The Morgan fingerprint density at radius 3 is 2.65 bits per heavy atom. The van der Waals surface area contributed by atoms with Gasteiger partial charge in [0.25, 0.3) is 5.91 Å². The maximum atomic E-state index is 12.6. The number of anilines is 1. The van der Waals surface area contributed by atoms with Crippen molar-refractivity contribution in [1.82, 2.24) is 20.4 Å². The smallest absolute Gasteiger partial charge is 0.317 e. The molecule has 0 aliphatic carbocycles. The summed E-state index contributed by atoms with van der Waals surface area (Å²) in [5, 5.41) is 15.3. The van der Waals surface area contributed by atoms with Crippen LogP contribution in [0.1, 0.15) is 44.7 Å².